The first-order valence-electron chi connectivity index (χ1n) is 9.29. The van der Waals surface area contributed by atoms with Crippen LogP contribution in [0.15, 0.2) is 48.5 Å². The van der Waals surface area contributed by atoms with Crippen LogP contribution in [0.1, 0.15) is 30.9 Å². The summed E-state index contributed by atoms with van der Waals surface area (Å²) in [7, 11) is 1.63. The van der Waals surface area contributed by atoms with Gasteiger partial charge < -0.3 is 15.0 Å². The molecule has 5 nitrogen and oxygen atoms in total. The van der Waals surface area contributed by atoms with E-state index in [4.69, 9.17) is 4.74 Å². The van der Waals surface area contributed by atoms with Gasteiger partial charge >= 0.3 is 0 Å². The summed E-state index contributed by atoms with van der Waals surface area (Å²) in [5.41, 5.74) is 2.82. The number of carbonyl (C=O) groups is 2. The molecule has 0 aliphatic rings. The van der Waals surface area contributed by atoms with Crippen molar-refractivity contribution < 1.29 is 14.3 Å². The maximum absolute atomic E-state index is 12.6. The second-order valence-corrected chi connectivity index (χ2v) is 6.53. The molecule has 5 heteroatoms. The van der Waals surface area contributed by atoms with Gasteiger partial charge in [0.2, 0.25) is 11.8 Å². The van der Waals surface area contributed by atoms with E-state index in [9.17, 15) is 9.59 Å². The van der Waals surface area contributed by atoms with Gasteiger partial charge in [0, 0.05) is 18.7 Å². The Labute approximate surface area is 161 Å². The molecule has 0 aromatic heterocycles. The number of aryl methyl sites for hydroxylation is 2. The zero-order chi connectivity index (χ0) is 19.6. The third kappa shape index (κ3) is 6.44. The van der Waals surface area contributed by atoms with Crippen molar-refractivity contribution in [3.8, 4) is 5.75 Å². The van der Waals surface area contributed by atoms with Gasteiger partial charge in [0.05, 0.1) is 13.7 Å². The van der Waals surface area contributed by atoms with Crippen molar-refractivity contribution in [2.45, 2.75) is 33.1 Å². The van der Waals surface area contributed by atoms with Gasteiger partial charge in [0.15, 0.2) is 0 Å². The normalized spacial score (nSPS) is 10.3. The molecule has 0 fully saturated rings. The van der Waals surface area contributed by atoms with E-state index in [0.717, 1.165) is 29.0 Å². The average Bonchev–Trinajstić information content (AvgIpc) is 2.67. The number of anilines is 1. The topological polar surface area (TPSA) is 58.6 Å². The third-order valence-corrected chi connectivity index (χ3v) is 4.36. The Morgan fingerprint density at radius 3 is 2.59 bits per heavy atom. The van der Waals surface area contributed by atoms with Crippen LogP contribution in [0.3, 0.4) is 0 Å². The van der Waals surface area contributed by atoms with E-state index in [-0.39, 0.29) is 18.4 Å². The summed E-state index contributed by atoms with van der Waals surface area (Å²) >= 11 is 0. The van der Waals surface area contributed by atoms with E-state index in [1.807, 2.05) is 62.4 Å². The van der Waals surface area contributed by atoms with Gasteiger partial charge in [0.1, 0.15) is 5.75 Å². The number of para-hydroxylation sites is 1. The minimum atomic E-state index is -0.174. The lowest BCUT2D eigenvalue weighted by Crippen LogP contribution is -2.38. The standard InChI is InChI=1S/C22H28N2O3/c1-4-14-24(16-21(25)23-20-11-6-5-8-17(20)2)22(26)13-12-18-9-7-10-19(15-18)27-3/h5-11,15H,4,12-14,16H2,1-3H3,(H,23,25). The molecule has 2 rings (SSSR count). The summed E-state index contributed by atoms with van der Waals surface area (Å²) < 4.78 is 5.22. The monoisotopic (exact) mass is 368 g/mol. The first kappa shape index (κ1) is 20.5. The van der Waals surface area contributed by atoms with Gasteiger partial charge in [-0.2, -0.15) is 0 Å². The van der Waals surface area contributed by atoms with Crippen molar-refractivity contribution in [2.24, 2.45) is 0 Å². The first-order chi connectivity index (χ1) is 13.0. The smallest absolute Gasteiger partial charge is 0.244 e. The van der Waals surface area contributed by atoms with Crippen LogP contribution in [-0.2, 0) is 16.0 Å². The van der Waals surface area contributed by atoms with Crippen LogP contribution in [0.25, 0.3) is 0 Å². The van der Waals surface area contributed by atoms with Crippen LogP contribution < -0.4 is 10.1 Å². The van der Waals surface area contributed by atoms with Gasteiger partial charge in [-0.3, -0.25) is 9.59 Å². The molecule has 0 aliphatic heterocycles. The molecule has 2 amide bonds. The Hall–Kier alpha value is -2.82. The van der Waals surface area contributed by atoms with Crippen molar-refractivity contribution in [2.75, 3.05) is 25.5 Å². The molecule has 0 radical (unpaired) electrons. The lowest BCUT2D eigenvalue weighted by Gasteiger charge is -2.22. The van der Waals surface area contributed by atoms with Crippen molar-refractivity contribution in [1.29, 1.82) is 0 Å². The molecule has 2 aromatic carbocycles. The summed E-state index contributed by atoms with van der Waals surface area (Å²) in [6.45, 7) is 4.58. The Balaban J connectivity index is 1.93. The van der Waals surface area contributed by atoms with Crippen molar-refractivity contribution in [3.05, 3.63) is 59.7 Å². The molecule has 0 heterocycles. The zero-order valence-electron chi connectivity index (χ0n) is 16.3. The maximum Gasteiger partial charge on any atom is 0.244 e. The summed E-state index contributed by atoms with van der Waals surface area (Å²) in [5.74, 6) is 0.593. The van der Waals surface area contributed by atoms with Crippen LogP contribution in [0.2, 0.25) is 0 Å². The minimum Gasteiger partial charge on any atom is -0.497 e. The van der Waals surface area contributed by atoms with E-state index >= 15 is 0 Å². The highest BCUT2D eigenvalue weighted by Gasteiger charge is 2.17. The SMILES string of the molecule is CCCN(CC(=O)Nc1ccccc1C)C(=O)CCc1cccc(OC)c1. The summed E-state index contributed by atoms with van der Waals surface area (Å²) in [6.07, 6.45) is 1.79. The number of hydrogen-bond acceptors (Lipinski definition) is 3. The Morgan fingerprint density at radius 2 is 1.89 bits per heavy atom. The van der Waals surface area contributed by atoms with Gasteiger partial charge in [-0.05, 0) is 49.1 Å². The largest absolute Gasteiger partial charge is 0.497 e. The number of nitrogens with zero attached hydrogens (tertiary/aromatic N) is 1. The molecule has 27 heavy (non-hydrogen) atoms. The molecule has 144 valence electrons. The molecule has 1 N–H and O–H groups in total. The van der Waals surface area contributed by atoms with Gasteiger partial charge in [0.25, 0.3) is 0 Å². The van der Waals surface area contributed by atoms with Crippen molar-refractivity contribution in [1.82, 2.24) is 4.90 Å². The Bertz CT molecular complexity index is 774. The highest BCUT2D eigenvalue weighted by atomic mass is 16.5. The fourth-order valence-corrected chi connectivity index (χ4v) is 2.88. The van der Waals surface area contributed by atoms with Crippen LogP contribution in [-0.4, -0.2) is 36.9 Å². The number of amides is 2. The van der Waals surface area contributed by atoms with Gasteiger partial charge in [-0.25, -0.2) is 0 Å². The number of hydrogen-bond donors (Lipinski definition) is 1. The van der Waals surface area contributed by atoms with Crippen LogP contribution in [0, 0.1) is 6.92 Å². The van der Waals surface area contributed by atoms with E-state index in [0.29, 0.717) is 19.4 Å². The lowest BCUT2D eigenvalue weighted by molar-refractivity contribution is -0.134. The number of rotatable bonds is 9. The molecule has 0 saturated heterocycles. The highest BCUT2D eigenvalue weighted by molar-refractivity contribution is 5.95. The van der Waals surface area contributed by atoms with E-state index in [2.05, 4.69) is 5.32 Å². The van der Waals surface area contributed by atoms with E-state index < -0.39 is 0 Å². The number of carbonyl (C=O) groups excluding carboxylic acids is 2. The van der Waals surface area contributed by atoms with E-state index in [1.165, 1.54) is 0 Å². The summed E-state index contributed by atoms with van der Waals surface area (Å²) in [6, 6.07) is 15.3. The van der Waals surface area contributed by atoms with Crippen molar-refractivity contribution >= 4 is 17.5 Å². The zero-order valence-corrected chi connectivity index (χ0v) is 16.3. The van der Waals surface area contributed by atoms with Gasteiger partial charge in [-0.15, -0.1) is 0 Å². The van der Waals surface area contributed by atoms with E-state index in [1.54, 1.807) is 12.0 Å². The fraction of sp³-hybridized carbons (Fsp3) is 0.364. The second-order valence-electron chi connectivity index (χ2n) is 6.53. The fourth-order valence-electron chi connectivity index (χ4n) is 2.88. The highest BCUT2D eigenvalue weighted by Crippen LogP contribution is 2.15. The molecule has 0 saturated carbocycles. The Morgan fingerprint density at radius 1 is 1.11 bits per heavy atom. The molecule has 0 atom stereocenters. The number of ether oxygens (including phenoxy) is 1. The molecular weight excluding hydrogens is 340 g/mol. The Kier molecular flexibility index (Phi) is 7.86. The third-order valence-electron chi connectivity index (χ3n) is 4.36. The molecule has 0 bridgehead atoms. The first-order valence-corrected chi connectivity index (χ1v) is 9.29. The average molecular weight is 368 g/mol. The van der Waals surface area contributed by atoms with Crippen molar-refractivity contribution in [3.63, 3.8) is 0 Å². The predicted molar refractivity (Wildman–Crippen MR) is 108 cm³/mol. The summed E-state index contributed by atoms with van der Waals surface area (Å²) in [5, 5.41) is 2.89. The lowest BCUT2D eigenvalue weighted by atomic mass is 10.1. The van der Waals surface area contributed by atoms with Crippen LogP contribution in [0.5, 0.6) is 5.75 Å². The number of methoxy groups -OCH3 is 1. The molecular formula is C22H28N2O3. The summed E-state index contributed by atoms with van der Waals surface area (Å²) in [4.78, 5) is 26.7. The quantitative estimate of drug-likeness (QED) is 0.732. The number of benzene rings is 2. The molecule has 2 aromatic rings. The van der Waals surface area contributed by atoms with Crippen LogP contribution in [0.4, 0.5) is 5.69 Å². The molecule has 0 aliphatic carbocycles. The minimum absolute atomic E-state index is 0.0143. The second kappa shape index (κ2) is 10.4. The van der Waals surface area contributed by atoms with Gasteiger partial charge in [-0.1, -0.05) is 37.3 Å². The predicted octanol–water partition coefficient (Wildman–Crippen LogP) is 3.81. The maximum atomic E-state index is 12.6. The molecule has 0 spiro atoms. The number of nitrogens with one attached hydrogen (secondary N) is 1. The molecule has 0 unspecified atom stereocenters. The van der Waals surface area contributed by atoms with Crippen LogP contribution >= 0.6 is 0 Å².